The molecule has 80 valence electrons. The van der Waals surface area contributed by atoms with Gasteiger partial charge in [-0.05, 0) is 12.8 Å². The molecule has 0 aromatic heterocycles. The van der Waals surface area contributed by atoms with Crippen molar-refractivity contribution in [2.75, 3.05) is 11.5 Å². The molecule has 0 aromatic carbocycles. The van der Waals surface area contributed by atoms with Crippen LogP contribution in [0.4, 0.5) is 0 Å². The average Bonchev–Trinajstić information content (AvgIpc) is 2.89. The number of thioether (sulfide) groups is 1. The number of cyclic esters (lactones) is 1. The molecule has 0 N–H and O–H groups in total. The Labute approximate surface area is 92.2 Å². The second-order valence-electron chi connectivity index (χ2n) is 4.94. The molecule has 0 radical (unpaired) electrons. The fraction of sp³-hybridized carbons (Fsp3) is 0.727. The summed E-state index contributed by atoms with van der Waals surface area (Å²) in [6.07, 6.45) is 2.33. The third-order valence-electron chi connectivity index (χ3n) is 4.65. The Hall–Kier alpha value is -0.480. The van der Waals surface area contributed by atoms with Crippen LogP contribution in [0.1, 0.15) is 12.8 Å². The van der Waals surface area contributed by atoms with Crippen LogP contribution in [0.5, 0.6) is 0 Å². The summed E-state index contributed by atoms with van der Waals surface area (Å²) in [6, 6.07) is 0. The predicted molar refractivity (Wildman–Crippen MR) is 55.3 cm³/mol. The van der Waals surface area contributed by atoms with E-state index in [9.17, 15) is 4.79 Å². The molecule has 0 saturated carbocycles. The Balaban J connectivity index is 2.01. The van der Waals surface area contributed by atoms with Crippen LogP contribution in [0.25, 0.3) is 0 Å². The largest absolute Gasteiger partial charge is 0.430 e. The Kier molecular flexibility index (Phi) is 1.31. The highest BCUT2D eigenvalue weighted by atomic mass is 32.2. The van der Waals surface area contributed by atoms with Crippen LogP contribution in [-0.4, -0.2) is 29.7 Å². The first-order valence-electron chi connectivity index (χ1n) is 5.37. The lowest BCUT2D eigenvalue weighted by Gasteiger charge is -2.35. The van der Waals surface area contributed by atoms with Crippen LogP contribution in [0, 0.1) is 10.8 Å². The molecule has 0 aromatic rings. The van der Waals surface area contributed by atoms with Gasteiger partial charge in [0.15, 0.2) is 0 Å². The molecule has 4 fully saturated rings. The number of ether oxygens (including phenoxy) is 2. The first kappa shape index (κ1) is 8.65. The molecule has 4 atom stereocenters. The Morgan fingerprint density at radius 1 is 1.27 bits per heavy atom. The highest BCUT2D eigenvalue weighted by Gasteiger charge is 2.80. The van der Waals surface area contributed by atoms with E-state index in [0.29, 0.717) is 5.76 Å². The Morgan fingerprint density at radius 2 is 1.93 bits per heavy atom. The minimum atomic E-state index is -0.377. The molecule has 0 aliphatic carbocycles. The van der Waals surface area contributed by atoms with Gasteiger partial charge in [0.25, 0.3) is 0 Å². The van der Waals surface area contributed by atoms with Gasteiger partial charge in [-0.1, -0.05) is 6.58 Å². The van der Waals surface area contributed by atoms with Gasteiger partial charge in [0.1, 0.15) is 11.2 Å². The summed E-state index contributed by atoms with van der Waals surface area (Å²) in [5.41, 5.74) is -0.560. The zero-order chi connectivity index (χ0) is 10.3. The molecule has 4 unspecified atom stereocenters. The molecule has 15 heavy (non-hydrogen) atoms. The Bertz CT molecular complexity index is 359. The maximum atomic E-state index is 12.1. The molecule has 4 rings (SSSR count). The van der Waals surface area contributed by atoms with Gasteiger partial charge in [0.05, 0.1) is 17.6 Å². The number of carbonyl (C=O) groups excluding carboxylic acids is 1. The van der Waals surface area contributed by atoms with E-state index in [4.69, 9.17) is 9.47 Å². The first-order chi connectivity index (χ1) is 7.22. The molecule has 4 aliphatic rings. The summed E-state index contributed by atoms with van der Waals surface area (Å²) >= 11 is 1.85. The molecule has 0 spiro atoms. The smallest absolute Gasteiger partial charge is 0.321 e. The van der Waals surface area contributed by atoms with Crippen LogP contribution in [0.2, 0.25) is 0 Å². The molecular formula is C11H12O3S. The van der Waals surface area contributed by atoms with Gasteiger partial charge >= 0.3 is 5.97 Å². The topological polar surface area (TPSA) is 35.5 Å². The van der Waals surface area contributed by atoms with E-state index >= 15 is 0 Å². The quantitative estimate of drug-likeness (QED) is 0.582. The average molecular weight is 224 g/mol. The van der Waals surface area contributed by atoms with Crippen LogP contribution >= 0.6 is 11.8 Å². The van der Waals surface area contributed by atoms with Gasteiger partial charge in [-0.2, -0.15) is 11.8 Å². The van der Waals surface area contributed by atoms with E-state index < -0.39 is 0 Å². The van der Waals surface area contributed by atoms with Crippen LogP contribution in [0.15, 0.2) is 12.3 Å². The maximum Gasteiger partial charge on any atom is 0.321 e. The number of carbonyl (C=O) groups is 1. The SMILES string of the molecule is C=C1OC(=O)C23CSCC12C1CCC3O1. The summed E-state index contributed by atoms with van der Waals surface area (Å²) in [4.78, 5) is 12.1. The predicted octanol–water partition coefficient (Wildman–Crippen LogP) is 1.34. The minimum absolute atomic E-state index is 0.0790. The standard InChI is InChI=1S/C11H12O3S/c1-6-10-4-15-5-11(10,9(12)13-6)8-3-2-7(10)14-8/h7-8H,1-5H2. The van der Waals surface area contributed by atoms with Crippen LogP contribution < -0.4 is 0 Å². The first-order valence-corrected chi connectivity index (χ1v) is 6.52. The number of rotatable bonds is 0. The van der Waals surface area contributed by atoms with Crippen molar-refractivity contribution in [3.63, 3.8) is 0 Å². The van der Waals surface area contributed by atoms with Crippen molar-refractivity contribution < 1.29 is 14.3 Å². The summed E-state index contributed by atoms with van der Waals surface area (Å²) in [5.74, 6) is 2.39. The van der Waals surface area contributed by atoms with Crippen molar-refractivity contribution in [2.45, 2.75) is 25.0 Å². The van der Waals surface area contributed by atoms with Gasteiger partial charge in [-0.15, -0.1) is 0 Å². The minimum Gasteiger partial charge on any atom is -0.430 e. The molecule has 2 bridgehead atoms. The number of fused-ring (bicyclic) bond motifs is 2. The monoisotopic (exact) mass is 224 g/mol. The Morgan fingerprint density at radius 3 is 2.67 bits per heavy atom. The van der Waals surface area contributed by atoms with Gasteiger partial charge in [0, 0.05) is 11.5 Å². The fourth-order valence-corrected chi connectivity index (χ4v) is 5.84. The van der Waals surface area contributed by atoms with Crippen molar-refractivity contribution in [3.8, 4) is 0 Å². The molecular weight excluding hydrogens is 212 g/mol. The summed E-state index contributed by atoms with van der Waals surface area (Å²) in [5, 5.41) is 0. The van der Waals surface area contributed by atoms with Crippen molar-refractivity contribution in [3.05, 3.63) is 12.3 Å². The van der Waals surface area contributed by atoms with E-state index in [0.717, 1.165) is 24.3 Å². The van der Waals surface area contributed by atoms with Gasteiger partial charge < -0.3 is 9.47 Å². The number of hydrogen-bond donors (Lipinski definition) is 0. The molecule has 4 saturated heterocycles. The highest BCUT2D eigenvalue weighted by Crippen LogP contribution is 2.71. The molecule has 3 nitrogen and oxygen atoms in total. The zero-order valence-electron chi connectivity index (χ0n) is 8.32. The summed E-state index contributed by atoms with van der Waals surface area (Å²) < 4.78 is 11.3. The van der Waals surface area contributed by atoms with Gasteiger partial charge in [-0.25, -0.2) is 0 Å². The van der Waals surface area contributed by atoms with E-state index in [1.807, 2.05) is 11.8 Å². The number of esters is 1. The van der Waals surface area contributed by atoms with Crippen molar-refractivity contribution in [1.29, 1.82) is 0 Å². The van der Waals surface area contributed by atoms with E-state index in [2.05, 4.69) is 6.58 Å². The normalized spacial score (nSPS) is 55.7. The van der Waals surface area contributed by atoms with Crippen molar-refractivity contribution in [1.82, 2.24) is 0 Å². The van der Waals surface area contributed by atoms with Crippen LogP contribution in [0.3, 0.4) is 0 Å². The lowest BCUT2D eigenvalue weighted by atomic mass is 9.58. The summed E-state index contributed by atoms with van der Waals surface area (Å²) in [7, 11) is 0. The second kappa shape index (κ2) is 2.28. The summed E-state index contributed by atoms with van der Waals surface area (Å²) in [6.45, 7) is 3.96. The van der Waals surface area contributed by atoms with E-state index in [-0.39, 0.29) is 29.0 Å². The molecule has 4 heteroatoms. The fourth-order valence-electron chi connectivity index (χ4n) is 3.93. The maximum absolute atomic E-state index is 12.1. The van der Waals surface area contributed by atoms with Crippen molar-refractivity contribution in [2.24, 2.45) is 10.8 Å². The zero-order valence-corrected chi connectivity index (χ0v) is 9.14. The van der Waals surface area contributed by atoms with Crippen LogP contribution in [-0.2, 0) is 14.3 Å². The molecule has 4 aliphatic heterocycles. The second-order valence-corrected chi connectivity index (χ2v) is 5.92. The lowest BCUT2D eigenvalue weighted by molar-refractivity contribution is -0.147. The van der Waals surface area contributed by atoms with E-state index in [1.54, 1.807) is 0 Å². The number of hydrogen-bond acceptors (Lipinski definition) is 4. The third kappa shape index (κ3) is 0.626. The third-order valence-corrected chi connectivity index (χ3v) is 5.97. The van der Waals surface area contributed by atoms with Gasteiger partial charge in [-0.3, -0.25) is 4.79 Å². The van der Waals surface area contributed by atoms with Crippen molar-refractivity contribution >= 4 is 17.7 Å². The van der Waals surface area contributed by atoms with Gasteiger partial charge in [0.2, 0.25) is 0 Å². The lowest BCUT2D eigenvalue weighted by Crippen LogP contribution is -2.49. The van der Waals surface area contributed by atoms with E-state index in [1.165, 1.54) is 0 Å². The molecule has 4 heterocycles. The molecule has 0 amide bonds. The highest BCUT2D eigenvalue weighted by molar-refractivity contribution is 7.99.